The number of amides is 1. The van der Waals surface area contributed by atoms with Crippen molar-refractivity contribution in [2.24, 2.45) is 11.1 Å². The van der Waals surface area contributed by atoms with E-state index in [1.165, 1.54) is 0 Å². The summed E-state index contributed by atoms with van der Waals surface area (Å²) in [6, 6.07) is 3.97. The SMILES string of the molecule is NCC1(C(=O)NCCc2ccc[nH]2)CC1. The lowest BCUT2D eigenvalue weighted by molar-refractivity contribution is -0.125. The average molecular weight is 207 g/mol. The van der Waals surface area contributed by atoms with Crippen molar-refractivity contribution < 1.29 is 4.79 Å². The Morgan fingerprint density at radius 2 is 2.40 bits per heavy atom. The van der Waals surface area contributed by atoms with Gasteiger partial charge in [0, 0.05) is 31.4 Å². The van der Waals surface area contributed by atoms with Crippen LogP contribution in [-0.2, 0) is 11.2 Å². The maximum absolute atomic E-state index is 11.7. The van der Waals surface area contributed by atoms with E-state index in [4.69, 9.17) is 5.73 Å². The second kappa shape index (κ2) is 4.06. The number of carbonyl (C=O) groups is 1. The van der Waals surface area contributed by atoms with Crippen molar-refractivity contribution in [3.63, 3.8) is 0 Å². The molecule has 15 heavy (non-hydrogen) atoms. The molecule has 0 aromatic carbocycles. The first-order chi connectivity index (χ1) is 7.27. The van der Waals surface area contributed by atoms with E-state index in [0.717, 1.165) is 25.0 Å². The molecule has 0 saturated heterocycles. The molecule has 2 rings (SSSR count). The zero-order valence-electron chi connectivity index (χ0n) is 8.75. The van der Waals surface area contributed by atoms with Crippen molar-refractivity contribution in [3.05, 3.63) is 24.0 Å². The third kappa shape index (κ3) is 2.21. The van der Waals surface area contributed by atoms with E-state index in [1.807, 2.05) is 18.3 Å². The molecule has 0 spiro atoms. The number of aromatic nitrogens is 1. The summed E-state index contributed by atoms with van der Waals surface area (Å²) in [5.74, 6) is 0.122. The van der Waals surface area contributed by atoms with Crippen LogP contribution in [0.15, 0.2) is 18.3 Å². The van der Waals surface area contributed by atoms with Crippen LogP contribution in [0.2, 0.25) is 0 Å². The van der Waals surface area contributed by atoms with E-state index >= 15 is 0 Å². The molecule has 0 bridgehead atoms. The molecule has 1 aromatic rings. The van der Waals surface area contributed by atoms with E-state index in [-0.39, 0.29) is 11.3 Å². The van der Waals surface area contributed by atoms with Crippen LogP contribution >= 0.6 is 0 Å². The molecule has 0 unspecified atom stereocenters. The molecule has 1 amide bonds. The van der Waals surface area contributed by atoms with Crippen LogP contribution in [0, 0.1) is 5.41 Å². The first-order valence-electron chi connectivity index (χ1n) is 5.37. The van der Waals surface area contributed by atoms with Gasteiger partial charge in [0.25, 0.3) is 0 Å². The average Bonchev–Trinajstić information content (AvgIpc) is 2.90. The van der Waals surface area contributed by atoms with Crippen molar-refractivity contribution in [1.82, 2.24) is 10.3 Å². The summed E-state index contributed by atoms with van der Waals surface area (Å²) in [6.45, 7) is 1.16. The van der Waals surface area contributed by atoms with Gasteiger partial charge in [-0.05, 0) is 25.0 Å². The fourth-order valence-electron chi connectivity index (χ4n) is 1.70. The maximum Gasteiger partial charge on any atom is 0.227 e. The molecule has 1 aliphatic rings. The lowest BCUT2D eigenvalue weighted by Crippen LogP contribution is -2.37. The molecule has 0 aliphatic heterocycles. The number of nitrogens with two attached hydrogens (primary N) is 1. The van der Waals surface area contributed by atoms with Gasteiger partial charge in [0.2, 0.25) is 5.91 Å². The summed E-state index contributed by atoms with van der Waals surface area (Å²) in [7, 11) is 0. The molecule has 1 saturated carbocycles. The van der Waals surface area contributed by atoms with E-state index < -0.39 is 0 Å². The number of hydrogen-bond donors (Lipinski definition) is 3. The molecular weight excluding hydrogens is 190 g/mol. The van der Waals surface area contributed by atoms with Gasteiger partial charge in [-0.15, -0.1) is 0 Å². The zero-order chi connectivity index (χ0) is 10.7. The number of hydrogen-bond acceptors (Lipinski definition) is 2. The first kappa shape index (κ1) is 10.2. The quantitative estimate of drug-likeness (QED) is 0.654. The molecular formula is C11H17N3O. The van der Waals surface area contributed by atoms with Crippen LogP contribution < -0.4 is 11.1 Å². The first-order valence-corrected chi connectivity index (χ1v) is 5.37. The number of rotatable bonds is 5. The Hall–Kier alpha value is -1.29. The molecule has 1 aliphatic carbocycles. The molecule has 0 atom stereocenters. The second-order valence-electron chi connectivity index (χ2n) is 4.19. The number of aromatic amines is 1. The van der Waals surface area contributed by atoms with Crippen molar-refractivity contribution in [2.75, 3.05) is 13.1 Å². The summed E-state index contributed by atoms with van der Waals surface area (Å²) in [4.78, 5) is 14.8. The summed E-state index contributed by atoms with van der Waals surface area (Å²) < 4.78 is 0. The highest BCUT2D eigenvalue weighted by molar-refractivity contribution is 5.85. The molecule has 4 nitrogen and oxygen atoms in total. The Morgan fingerprint density at radius 1 is 1.60 bits per heavy atom. The highest BCUT2D eigenvalue weighted by Crippen LogP contribution is 2.44. The molecule has 1 fully saturated rings. The van der Waals surface area contributed by atoms with Crippen LogP contribution in [0.3, 0.4) is 0 Å². The third-order valence-corrected chi connectivity index (χ3v) is 3.07. The number of nitrogens with one attached hydrogen (secondary N) is 2. The van der Waals surface area contributed by atoms with Crippen LogP contribution in [0.5, 0.6) is 0 Å². The third-order valence-electron chi connectivity index (χ3n) is 3.07. The van der Waals surface area contributed by atoms with Gasteiger partial charge in [-0.1, -0.05) is 0 Å². The lowest BCUT2D eigenvalue weighted by Gasteiger charge is -2.12. The van der Waals surface area contributed by atoms with E-state index in [1.54, 1.807) is 0 Å². The lowest BCUT2D eigenvalue weighted by atomic mass is 10.1. The molecule has 82 valence electrons. The molecule has 1 aromatic heterocycles. The zero-order valence-corrected chi connectivity index (χ0v) is 8.75. The van der Waals surface area contributed by atoms with E-state index in [9.17, 15) is 4.79 Å². The van der Waals surface area contributed by atoms with Gasteiger partial charge < -0.3 is 16.0 Å². The Bertz CT molecular complexity index is 328. The van der Waals surface area contributed by atoms with Gasteiger partial charge >= 0.3 is 0 Å². The molecule has 4 heteroatoms. The Balaban J connectivity index is 1.72. The Kier molecular flexibility index (Phi) is 2.77. The fourth-order valence-corrected chi connectivity index (χ4v) is 1.70. The molecule has 4 N–H and O–H groups in total. The maximum atomic E-state index is 11.7. The highest BCUT2D eigenvalue weighted by atomic mass is 16.2. The van der Waals surface area contributed by atoms with Gasteiger partial charge in [0.1, 0.15) is 0 Å². The smallest absolute Gasteiger partial charge is 0.227 e. The van der Waals surface area contributed by atoms with Crippen LogP contribution in [0.1, 0.15) is 18.5 Å². The van der Waals surface area contributed by atoms with E-state index in [2.05, 4.69) is 10.3 Å². The van der Waals surface area contributed by atoms with Gasteiger partial charge in [-0.2, -0.15) is 0 Å². The summed E-state index contributed by atoms with van der Waals surface area (Å²) in [5.41, 5.74) is 6.49. The summed E-state index contributed by atoms with van der Waals surface area (Å²) in [6.07, 6.45) is 4.62. The Labute approximate surface area is 89.2 Å². The normalized spacial score (nSPS) is 17.4. The Morgan fingerprint density at radius 3 is 2.93 bits per heavy atom. The molecule has 0 radical (unpaired) electrons. The predicted molar refractivity (Wildman–Crippen MR) is 58.2 cm³/mol. The summed E-state index contributed by atoms with van der Waals surface area (Å²) in [5, 5.41) is 2.94. The van der Waals surface area contributed by atoms with Gasteiger partial charge in [0.15, 0.2) is 0 Å². The number of carbonyl (C=O) groups excluding carboxylic acids is 1. The largest absolute Gasteiger partial charge is 0.365 e. The van der Waals surface area contributed by atoms with Gasteiger partial charge in [-0.3, -0.25) is 4.79 Å². The predicted octanol–water partition coefficient (Wildman–Crippen LogP) is 0.412. The van der Waals surface area contributed by atoms with Crippen LogP contribution in [0.4, 0.5) is 0 Å². The van der Waals surface area contributed by atoms with E-state index in [0.29, 0.717) is 13.1 Å². The van der Waals surface area contributed by atoms with Crippen molar-refractivity contribution in [1.29, 1.82) is 0 Å². The molecule has 1 heterocycles. The fraction of sp³-hybridized carbons (Fsp3) is 0.545. The van der Waals surface area contributed by atoms with Gasteiger partial charge in [-0.25, -0.2) is 0 Å². The minimum absolute atomic E-state index is 0.122. The minimum atomic E-state index is -0.226. The summed E-state index contributed by atoms with van der Waals surface area (Å²) >= 11 is 0. The van der Waals surface area contributed by atoms with Gasteiger partial charge in [0.05, 0.1) is 5.41 Å². The van der Waals surface area contributed by atoms with Crippen molar-refractivity contribution >= 4 is 5.91 Å². The second-order valence-corrected chi connectivity index (χ2v) is 4.19. The minimum Gasteiger partial charge on any atom is -0.365 e. The number of H-pyrrole nitrogens is 1. The standard InChI is InChI=1S/C11H17N3O/c12-8-11(4-5-11)10(15)14-7-3-9-2-1-6-13-9/h1-2,6,13H,3-5,7-8,12H2,(H,14,15). The topological polar surface area (TPSA) is 70.9 Å². The van der Waals surface area contributed by atoms with Crippen LogP contribution in [-0.4, -0.2) is 24.0 Å². The van der Waals surface area contributed by atoms with Crippen molar-refractivity contribution in [2.45, 2.75) is 19.3 Å². The monoisotopic (exact) mass is 207 g/mol. The highest BCUT2D eigenvalue weighted by Gasteiger charge is 2.48. The van der Waals surface area contributed by atoms with Crippen LogP contribution in [0.25, 0.3) is 0 Å². The van der Waals surface area contributed by atoms with Crippen molar-refractivity contribution in [3.8, 4) is 0 Å².